The van der Waals surface area contributed by atoms with Gasteiger partial charge in [0.05, 0.1) is 47.0 Å². The number of esters is 1. The highest BCUT2D eigenvalue weighted by molar-refractivity contribution is 8.00. The van der Waals surface area contributed by atoms with Crippen molar-refractivity contribution in [3.63, 3.8) is 0 Å². The SMILES string of the molecule is C#CCn1c(=NC(=O)CSCC(=O)Nc2sc3c(c2C(=O)OCC)CCCC3)sc2cc(OCC)ccc21. The lowest BCUT2D eigenvalue weighted by Gasteiger charge is -2.12. The number of amides is 2. The topological polar surface area (TPSA) is 99.0 Å². The molecule has 2 aromatic heterocycles. The molecule has 11 heteroatoms. The number of hydrogen-bond donors (Lipinski definition) is 1. The Morgan fingerprint density at radius 1 is 1.16 bits per heavy atom. The summed E-state index contributed by atoms with van der Waals surface area (Å²) in [7, 11) is 0. The van der Waals surface area contributed by atoms with E-state index in [-0.39, 0.29) is 36.5 Å². The number of rotatable bonds is 10. The first-order valence-electron chi connectivity index (χ1n) is 12.4. The average Bonchev–Trinajstić information content (AvgIpc) is 3.41. The Morgan fingerprint density at radius 2 is 1.97 bits per heavy atom. The van der Waals surface area contributed by atoms with Crippen molar-refractivity contribution in [1.29, 1.82) is 0 Å². The van der Waals surface area contributed by atoms with Crippen LogP contribution in [0.1, 0.15) is 47.5 Å². The molecule has 1 N–H and O–H groups in total. The molecule has 1 aliphatic rings. The third-order valence-corrected chi connectivity index (χ3v) is 8.96. The Morgan fingerprint density at radius 3 is 2.74 bits per heavy atom. The Balaban J connectivity index is 1.42. The lowest BCUT2D eigenvalue weighted by Crippen LogP contribution is -2.19. The zero-order valence-corrected chi connectivity index (χ0v) is 23.8. The van der Waals surface area contributed by atoms with Crippen LogP contribution >= 0.6 is 34.4 Å². The Bertz CT molecular complexity index is 1460. The zero-order chi connectivity index (χ0) is 27.1. The number of benzene rings is 1. The summed E-state index contributed by atoms with van der Waals surface area (Å²) in [6.07, 6.45) is 9.34. The number of hydrogen-bond acceptors (Lipinski definition) is 8. The summed E-state index contributed by atoms with van der Waals surface area (Å²) >= 11 is 3.98. The first kappa shape index (κ1) is 28.0. The molecule has 8 nitrogen and oxygen atoms in total. The van der Waals surface area contributed by atoms with Crippen molar-refractivity contribution in [2.24, 2.45) is 4.99 Å². The number of aryl methyl sites for hydroxylation is 1. The molecule has 0 saturated carbocycles. The molecule has 200 valence electrons. The number of aromatic nitrogens is 1. The molecule has 0 spiro atoms. The van der Waals surface area contributed by atoms with Crippen molar-refractivity contribution < 1.29 is 23.9 Å². The van der Waals surface area contributed by atoms with Gasteiger partial charge in [-0.2, -0.15) is 4.99 Å². The molecular weight excluding hydrogens is 543 g/mol. The van der Waals surface area contributed by atoms with Crippen LogP contribution in [0.3, 0.4) is 0 Å². The molecule has 2 amide bonds. The number of anilines is 1. The van der Waals surface area contributed by atoms with Gasteiger partial charge in [0.25, 0.3) is 5.91 Å². The summed E-state index contributed by atoms with van der Waals surface area (Å²) in [6, 6.07) is 5.68. The van der Waals surface area contributed by atoms with Crippen molar-refractivity contribution in [2.45, 2.75) is 46.1 Å². The molecule has 2 heterocycles. The number of nitrogens with one attached hydrogen (secondary N) is 1. The monoisotopic (exact) mass is 571 g/mol. The van der Waals surface area contributed by atoms with Gasteiger partial charge in [0.2, 0.25) is 5.91 Å². The standard InChI is InChI=1S/C27H29N3O5S3/c1-4-13-30-19-12-11-17(34-5-2)14-21(19)38-27(30)29-23(32)16-36-15-22(31)28-25-24(26(33)35-6-3)18-9-7-8-10-20(18)37-25/h1,11-12,14H,5-10,13,15-16H2,2-3H3,(H,28,31). The lowest BCUT2D eigenvalue weighted by molar-refractivity contribution is -0.115. The second kappa shape index (κ2) is 13.1. The molecule has 38 heavy (non-hydrogen) atoms. The number of ether oxygens (including phenoxy) is 2. The second-order valence-corrected chi connectivity index (χ2v) is 11.5. The van der Waals surface area contributed by atoms with E-state index in [0.29, 0.717) is 22.0 Å². The van der Waals surface area contributed by atoms with Gasteiger partial charge in [-0.05, 0) is 63.3 Å². The van der Waals surface area contributed by atoms with Crippen molar-refractivity contribution >= 4 is 67.4 Å². The fraction of sp³-hybridized carbons (Fsp3) is 0.407. The lowest BCUT2D eigenvalue weighted by atomic mass is 9.95. The minimum atomic E-state index is -0.402. The first-order chi connectivity index (χ1) is 18.4. The van der Waals surface area contributed by atoms with Crippen LogP contribution in [0.5, 0.6) is 5.75 Å². The zero-order valence-electron chi connectivity index (χ0n) is 21.3. The van der Waals surface area contributed by atoms with E-state index in [1.54, 1.807) is 6.92 Å². The van der Waals surface area contributed by atoms with E-state index in [2.05, 4.69) is 16.2 Å². The number of carbonyl (C=O) groups is 3. The summed E-state index contributed by atoms with van der Waals surface area (Å²) in [6.45, 7) is 4.79. The van der Waals surface area contributed by atoms with Crippen LogP contribution in [0, 0.1) is 12.3 Å². The number of thiophene rings is 1. The van der Waals surface area contributed by atoms with Crippen LogP contribution in [0.4, 0.5) is 5.00 Å². The van der Waals surface area contributed by atoms with Gasteiger partial charge in [-0.15, -0.1) is 29.5 Å². The molecule has 0 aliphatic heterocycles. The minimum Gasteiger partial charge on any atom is -0.494 e. The van der Waals surface area contributed by atoms with E-state index in [9.17, 15) is 14.4 Å². The maximum atomic E-state index is 12.7. The third kappa shape index (κ3) is 6.49. The van der Waals surface area contributed by atoms with Crippen molar-refractivity contribution in [3.05, 3.63) is 39.0 Å². The fourth-order valence-corrected chi connectivity index (χ4v) is 7.21. The van der Waals surface area contributed by atoms with Gasteiger partial charge in [0, 0.05) is 4.88 Å². The number of thioether (sulfide) groups is 1. The van der Waals surface area contributed by atoms with E-state index >= 15 is 0 Å². The third-order valence-electron chi connectivity index (χ3n) is 5.80. The van der Waals surface area contributed by atoms with Gasteiger partial charge in [-0.3, -0.25) is 9.59 Å². The van der Waals surface area contributed by atoms with Crippen LogP contribution < -0.4 is 14.9 Å². The van der Waals surface area contributed by atoms with Gasteiger partial charge in [0.1, 0.15) is 10.8 Å². The van der Waals surface area contributed by atoms with E-state index < -0.39 is 5.97 Å². The van der Waals surface area contributed by atoms with Gasteiger partial charge >= 0.3 is 5.97 Å². The quantitative estimate of drug-likeness (QED) is 0.281. The van der Waals surface area contributed by atoms with Gasteiger partial charge in [0.15, 0.2) is 4.80 Å². The second-order valence-electron chi connectivity index (χ2n) is 8.42. The van der Waals surface area contributed by atoms with E-state index in [1.807, 2.05) is 29.7 Å². The molecule has 0 radical (unpaired) electrons. The number of nitrogens with zero attached hydrogens (tertiary/aromatic N) is 2. The van der Waals surface area contributed by atoms with Crippen molar-refractivity contribution in [1.82, 2.24) is 4.57 Å². The number of terminal acetylenes is 1. The summed E-state index contributed by atoms with van der Waals surface area (Å²) in [4.78, 5) is 43.8. The number of thiazole rings is 1. The van der Waals surface area contributed by atoms with Gasteiger partial charge < -0.3 is 19.4 Å². The highest BCUT2D eigenvalue weighted by Gasteiger charge is 2.27. The smallest absolute Gasteiger partial charge is 0.341 e. The molecule has 0 atom stereocenters. The van der Waals surface area contributed by atoms with E-state index in [4.69, 9.17) is 15.9 Å². The highest BCUT2D eigenvalue weighted by atomic mass is 32.2. The summed E-state index contributed by atoms with van der Waals surface area (Å²) in [5, 5.41) is 3.40. The summed E-state index contributed by atoms with van der Waals surface area (Å²) in [5.41, 5.74) is 2.35. The number of fused-ring (bicyclic) bond motifs is 2. The minimum absolute atomic E-state index is 0.0353. The van der Waals surface area contributed by atoms with Crippen LogP contribution in [0.25, 0.3) is 10.2 Å². The van der Waals surface area contributed by atoms with Crippen molar-refractivity contribution in [3.8, 4) is 18.1 Å². The molecule has 0 unspecified atom stereocenters. The molecule has 1 aliphatic carbocycles. The Hall–Kier alpha value is -3.07. The summed E-state index contributed by atoms with van der Waals surface area (Å²) in [5.74, 6) is 2.41. The normalized spacial score (nSPS) is 13.1. The maximum Gasteiger partial charge on any atom is 0.341 e. The molecule has 4 rings (SSSR count). The average molecular weight is 572 g/mol. The van der Waals surface area contributed by atoms with E-state index in [1.165, 1.54) is 34.4 Å². The summed E-state index contributed by atoms with van der Waals surface area (Å²) < 4.78 is 13.6. The van der Waals surface area contributed by atoms with Crippen LogP contribution in [0.2, 0.25) is 0 Å². The molecule has 0 saturated heterocycles. The maximum absolute atomic E-state index is 12.7. The largest absolute Gasteiger partial charge is 0.494 e. The van der Waals surface area contributed by atoms with Gasteiger partial charge in [-0.1, -0.05) is 17.3 Å². The van der Waals surface area contributed by atoms with Crippen molar-refractivity contribution in [2.75, 3.05) is 30.0 Å². The van der Waals surface area contributed by atoms with Crippen LogP contribution in [-0.2, 0) is 33.7 Å². The number of carbonyl (C=O) groups excluding carboxylic acids is 3. The Kier molecular flexibility index (Phi) is 9.66. The molecular formula is C27H29N3O5S3. The molecule has 0 fully saturated rings. The predicted octanol–water partition coefficient (Wildman–Crippen LogP) is 4.65. The molecule has 3 aromatic rings. The van der Waals surface area contributed by atoms with E-state index in [0.717, 1.165) is 52.1 Å². The van der Waals surface area contributed by atoms with Crippen LogP contribution in [0.15, 0.2) is 23.2 Å². The predicted molar refractivity (Wildman–Crippen MR) is 153 cm³/mol. The molecule has 1 aromatic carbocycles. The highest BCUT2D eigenvalue weighted by Crippen LogP contribution is 2.38. The van der Waals surface area contributed by atoms with Crippen LogP contribution in [-0.4, -0.2) is 47.1 Å². The first-order valence-corrected chi connectivity index (χ1v) is 15.2. The fourth-order valence-electron chi connectivity index (χ4n) is 4.25. The molecule has 0 bridgehead atoms. The Labute approximate surface area is 233 Å². The van der Waals surface area contributed by atoms with Gasteiger partial charge in [-0.25, -0.2) is 4.79 Å².